The Morgan fingerprint density at radius 1 is 1.58 bits per heavy atom. The fourth-order valence-corrected chi connectivity index (χ4v) is 3.86. The topological polar surface area (TPSA) is 35.8 Å². The molecule has 1 aliphatic rings. The summed E-state index contributed by atoms with van der Waals surface area (Å²) in [6, 6.07) is 6.03. The number of phenols is 1. The second-order valence-electron chi connectivity index (χ2n) is 4.55. The zero-order valence-electron chi connectivity index (χ0n) is 10.7. The molecule has 0 radical (unpaired) electrons. The van der Waals surface area contributed by atoms with Crippen LogP contribution in [0.2, 0.25) is 0 Å². The summed E-state index contributed by atoms with van der Waals surface area (Å²) in [7, 11) is 2.09. The molecular weight excluding hydrogens is 391 g/mol. The van der Waals surface area contributed by atoms with Gasteiger partial charge < -0.3 is 10.0 Å². The summed E-state index contributed by atoms with van der Waals surface area (Å²) in [5.41, 5.74) is 0.852. The number of thiol groups is 1. The number of hydrogen-bond donors (Lipinski definition) is 2. The van der Waals surface area contributed by atoms with Crippen molar-refractivity contribution >= 4 is 52.0 Å². The molecule has 1 heterocycles. The van der Waals surface area contributed by atoms with E-state index in [1.807, 2.05) is 12.1 Å². The Morgan fingerprint density at radius 3 is 3.05 bits per heavy atom. The van der Waals surface area contributed by atoms with Crippen molar-refractivity contribution in [3.05, 3.63) is 27.3 Å². The molecule has 1 unspecified atom stereocenters. The van der Waals surface area contributed by atoms with Crippen molar-refractivity contribution in [2.75, 3.05) is 31.6 Å². The first-order valence-electron chi connectivity index (χ1n) is 6.09. The number of rotatable bonds is 5. The molecule has 0 saturated heterocycles. The van der Waals surface area contributed by atoms with Gasteiger partial charge in [-0.15, -0.1) is 11.8 Å². The Hall–Kier alpha value is 0.0800. The van der Waals surface area contributed by atoms with E-state index in [2.05, 4.69) is 47.2 Å². The highest BCUT2D eigenvalue weighted by molar-refractivity contribution is 14.1. The molecule has 3 nitrogen and oxygen atoms in total. The van der Waals surface area contributed by atoms with Gasteiger partial charge in [0.15, 0.2) is 0 Å². The first kappa shape index (κ1) is 15.5. The van der Waals surface area contributed by atoms with Gasteiger partial charge in [0, 0.05) is 33.7 Å². The predicted octanol–water partition coefficient (Wildman–Crippen LogP) is 2.72. The van der Waals surface area contributed by atoms with Gasteiger partial charge in [0.1, 0.15) is 10.8 Å². The quantitative estimate of drug-likeness (QED) is 0.581. The largest absolute Gasteiger partial charge is 0.507 e. The molecular formula is C13H17IN2OS2. The molecule has 1 aliphatic heterocycles. The van der Waals surface area contributed by atoms with E-state index in [4.69, 9.17) is 4.99 Å². The van der Waals surface area contributed by atoms with E-state index in [9.17, 15) is 5.11 Å². The second kappa shape index (κ2) is 7.19. The molecule has 2 rings (SSSR count). The summed E-state index contributed by atoms with van der Waals surface area (Å²) < 4.78 is 1.03. The van der Waals surface area contributed by atoms with Crippen LogP contribution in [0.15, 0.2) is 23.2 Å². The van der Waals surface area contributed by atoms with Gasteiger partial charge in [-0.2, -0.15) is 12.6 Å². The Balaban J connectivity index is 2.06. The fourth-order valence-electron chi connectivity index (χ4n) is 1.96. The van der Waals surface area contributed by atoms with Crippen LogP contribution in [0.3, 0.4) is 0 Å². The van der Waals surface area contributed by atoms with Crippen LogP contribution in [0.4, 0.5) is 0 Å². The molecule has 0 saturated carbocycles. The average Bonchev–Trinajstić information content (AvgIpc) is 2.77. The van der Waals surface area contributed by atoms with Gasteiger partial charge in [0.2, 0.25) is 0 Å². The zero-order valence-corrected chi connectivity index (χ0v) is 14.6. The van der Waals surface area contributed by atoms with E-state index < -0.39 is 0 Å². The minimum Gasteiger partial charge on any atom is -0.507 e. The molecule has 1 N–H and O–H groups in total. The van der Waals surface area contributed by atoms with E-state index in [-0.39, 0.29) is 0 Å². The molecule has 0 aliphatic carbocycles. The number of likely N-dealkylation sites (N-methyl/N-ethyl adjacent to an activating group) is 1. The van der Waals surface area contributed by atoms with Crippen molar-refractivity contribution in [3.63, 3.8) is 0 Å². The number of halogens is 1. The van der Waals surface area contributed by atoms with E-state index in [0.29, 0.717) is 11.8 Å². The highest BCUT2D eigenvalue weighted by Crippen LogP contribution is 2.29. The highest BCUT2D eigenvalue weighted by Gasteiger charge is 2.22. The molecule has 1 aromatic carbocycles. The minimum atomic E-state index is 0.309. The van der Waals surface area contributed by atoms with Gasteiger partial charge in [-0.3, -0.25) is 4.99 Å². The molecule has 1 atom stereocenters. The van der Waals surface area contributed by atoms with Crippen LogP contribution in [0.5, 0.6) is 5.75 Å². The maximum atomic E-state index is 9.98. The number of thioether (sulfide) groups is 1. The Morgan fingerprint density at radius 2 is 2.37 bits per heavy atom. The van der Waals surface area contributed by atoms with Crippen molar-refractivity contribution in [1.82, 2.24) is 4.90 Å². The predicted molar refractivity (Wildman–Crippen MR) is 95.0 cm³/mol. The SMILES string of the molecule is CN(CCS)CC1CSC(c2ccc(I)cc2O)=N1. The molecule has 6 heteroatoms. The molecule has 0 bridgehead atoms. The normalized spacial score (nSPS) is 18.9. The summed E-state index contributed by atoms with van der Waals surface area (Å²) in [5.74, 6) is 2.17. The molecule has 0 spiro atoms. The fraction of sp³-hybridized carbons (Fsp3) is 0.462. The van der Waals surface area contributed by atoms with Crippen LogP contribution in [0.1, 0.15) is 5.56 Å². The monoisotopic (exact) mass is 408 g/mol. The lowest BCUT2D eigenvalue weighted by Crippen LogP contribution is -2.29. The van der Waals surface area contributed by atoms with Gasteiger partial charge in [-0.25, -0.2) is 0 Å². The van der Waals surface area contributed by atoms with Crippen LogP contribution in [-0.4, -0.2) is 52.7 Å². The highest BCUT2D eigenvalue weighted by atomic mass is 127. The van der Waals surface area contributed by atoms with E-state index >= 15 is 0 Å². The Kier molecular flexibility index (Phi) is 5.86. The van der Waals surface area contributed by atoms with Gasteiger partial charge in [-0.1, -0.05) is 0 Å². The Bertz CT molecular complexity index is 482. The summed E-state index contributed by atoms with van der Waals surface area (Å²) in [4.78, 5) is 6.97. The third-order valence-electron chi connectivity index (χ3n) is 2.91. The van der Waals surface area contributed by atoms with Gasteiger partial charge in [-0.05, 0) is 47.8 Å². The summed E-state index contributed by atoms with van der Waals surface area (Å²) in [6.07, 6.45) is 0. The van der Waals surface area contributed by atoms with Crippen LogP contribution >= 0.6 is 47.0 Å². The summed E-state index contributed by atoms with van der Waals surface area (Å²) >= 11 is 8.16. The van der Waals surface area contributed by atoms with Crippen molar-refractivity contribution in [1.29, 1.82) is 0 Å². The van der Waals surface area contributed by atoms with E-state index in [1.165, 1.54) is 0 Å². The van der Waals surface area contributed by atoms with E-state index in [1.54, 1.807) is 17.8 Å². The number of aromatic hydroxyl groups is 1. The van der Waals surface area contributed by atoms with Gasteiger partial charge in [0.05, 0.1) is 6.04 Å². The number of hydrogen-bond acceptors (Lipinski definition) is 5. The standard InChI is InChI=1S/C13H17IN2OS2/c1-16(4-5-18)7-10-8-19-13(15-10)11-3-2-9(14)6-12(11)17/h2-3,6,10,17-18H,4-5,7-8H2,1H3. The van der Waals surface area contributed by atoms with Crippen molar-refractivity contribution < 1.29 is 5.11 Å². The van der Waals surface area contributed by atoms with Crippen molar-refractivity contribution in [3.8, 4) is 5.75 Å². The lowest BCUT2D eigenvalue weighted by Gasteiger charge is -2.17. The lowest BCUT2D eigenvalue weighted by molar-refractivity contribution is 0.340. The molecule has 104 valence electrons. The zero-order chi connectivity index (χ0) is 13.8. The average molecular weight is 408 g/mol. The maximum absolute atomic E-state index is 9.98. The van der Waals surface area contributed by atoms with Crippen molar-refractivity contribution in [2.45, 2.75) is 6.04 Å². The maximum Gasteiger partial charge on any atom is 0.126 e. The minimum absolute atomic E-state index is 0.309. The molecule has 0 fully saturated rings. The Labute approximate surface area is 137 Å². The first-order valence-corrected chi connectivity index (χ1v) is 8.78. The number of benzene rings is 1. The molecule has 1 aromatic rings. The van der Waals surface area contributed by atoms with Crippen molar-refractivity contribution in [2.24, 2.45) is 4.99 Å². The van der Waals surface area contributed by atoms with E-state index in [0.717, 1.165) is 38.8 Å². The molecule has 19 heavy (non-hydrogen) atoms. The molecule has 0 aromatic heterocycles. The number of phenolic OH excluding ortho intramolecular Hbond substituents is 1. The lowest BCUT2D eigenvalue weighted by atomic mass is 10.2. The van der Waals surface area contributed by atoms with Crippen LogP contribution < -0.4 is 0 Å². The third kappa shape index (κ3) is 4.27. The van der Waals surface area contributed by atoms with Crippen LogP contribution in [-0.2, 0) is 0 Å². The summed E-state index contributed by atoms with van der Waals surface area (Å²) in [5, 5.41) is 10.9. The van der Waals surface area contributed by atoms with Gasteiger partial charge >= 0.3 is 0 Å². The van der Waals surface area contributed by atoms with Crippen LogP contribution in [0, 0.1) is 3.57 Å². The third-order valence-corrected chi connectivity index (χ3v) is 4.93. The smallest absolute Gasteiger partial charge is 0.126 e. The number of aliphatic imine (C=N–C) groups is 1. The van der Waals surface area contributed by atoms with Crippen LogP contribution in [0.25, 0.3) is 0 Å². The molecule has 0 amide bonds. The second-order valence-corrected chi connectivity index (χ2v) is 7.25. The van der Waals surface area contributed by atoms with Gasteiger partial charge in [0.25, 0.3) is 0 Å². The summed E-state index contributed by atoms with van der Waals surface area (Å²) in [6.45, 7) is 1.92. The first-order chi connectivity index (χ1) is 9.10. The number of nitrogens with zero attached hydrogens (tertiary/aromatic N) is 2.